The van der Waals surface area contributed by atoms with Gasteiger partial charge in [0, 0.05) is 15.2 Å². The van der Waals surface area contributed by atoms with Crippen molar-refractivity contribution in [2.24, 2.45) is 0 Å². The van der Waals surface area contributed by atoms with Crippen LogP contribution in [0.1, 0.15) is 31.6 Å². The number of methoxy groups -OCH3 is 2. The summed E-state index contributed by atoms with van der Waals surface area (Å²) in [7, 11) is 3.16. The summed E-state index contributed by atoms with van der Waals surface area (Å²) in [5, 5.41) is 4.11. The van der Waals surface area contributed by atoms with E-state index in [-0.39, 0.29) is 25.1 Å². The van der Waals surface area contributed by atoms with Crippen LogP contribution in [0.5, 0.6) is 17.2 Å². The second kappa shape index (κ2) is 10.9. The summed E-state index contributed by atoms with van der Waals surface area (Å²) in [5.41, 5.74) is 0.739. The molecule has 2 aromatic carbocycles. The van der Waals surface area contributed by atoms with Crippen LogP contribution < -0.4 is 14.2 Å². The van der Waals surface area contributed by atoms with Crippen LogP contribution in [0.15, 0.2) is 47.0 Å². The molecule has 174 valence electrons. The Balaban J connectivity index is 1.47. The first-order chi connectivity index (χ1) is 16.1. The van der Waals surface area contributed by atoms with E-state index >= 15 is 0 Å². The van der Waals surface area contributed by atoms with Gasteiger partial charge in [0.2, 0.25) is 11.7 Å². The summed E-state index contributed by atoms with van der Waals surface area (Å²) in [5.74, 6) is 2.59. The summed E-state index contributed by atoms with van der Waals surface area (Å²) in [6.45, 7) is 0.216. The lowest BCUT2D eigenvalue weighted by Gasteiger charge is -2.27. The predicted octanol–water partition coefficient (Wildman–Crippen LogP) is 4.71. The number of carbonyl (C=O) groups is 1. The van der Waals surface area contributed by atoms with Crippen LogP contribution in [0.3, 0.4) is 0 Å². The number of benzene rings is 2. The third-order valence-electron chi connectivity index (χ3n) is 5.68. The minimum absolute atomic E-state index is 0.0340. The number of amides is 1. The topological polar surface area (TPSA) is 86.9 Å². The van der Waals surface area contributed by atoms with E-state index in [1.54, 1.807) is 26.4 Å². The van der Waals surface area contributed by atoms with Gasteiger partial charge in [-0.15, -0.1) is 0 Å². The molecule has 0 radical (unpaired) electrons. The van der Waals surface area contributed by atoms with Gasteiger partial charge < -0.3 is 23.6 Å². The van der Waals surface area contributed by atoms with Crippen LogP contribution in [-0.4, -0.2) is 47.8 Å². The summed E-state index contributed by atoms with van der Waals surface area (Å²) in [6, 6.07) is 13.2. The van der Waals surface area contributed by atoms with Gasteiger partial charge in [0.25, 0.3) is 5.91 Å². The zero-order valence-corrected chi connectivity index (χ0v) is 20.8. The van der Waals surface area contributed by atoms with Crippen LogP contribution in [-0.2, 0) is 11.3 Å². The molecule has 0 N–H and O–H groups in total. The molecule has 9 heteroatoms. The smallest absolute Gasteiger partial charge is 0.261 e. The molecule has 0 saturated heterocycles. The average molecular weight is 563 g/mol. The van der Waals surface area contributed by atoms with Gasteiger partial charge in [-0.25, -0.2) is 0 Å². The SMILES string of the molecule is COc1ccc(-c2noc(CN(C(=O)COc3ccc(I)cc3)C3CCCC3)n2)cc1OC. The van der Waals surface area contributed by atoms with Crippen molar-refractivity contribution in [2.75, 3.05) is 20.8 Å². The van der Waals surface area contributed by atoms with Gasteiger partial charge >= 0.3 is 0 Å². The van der Waals surface area contributed by atoms with Gasteiger partial charge in [-0.2, -0.15) is 4.98 Å². The van der Waals surface area contributed by atoms with Gasteiger partial charge in [-0.1, -0.05) is 18.0 Å². The van der Waals surface area contributed by atoms with Crippen molar-refractivity contribution < 1.29 is 23.5 Å². The Morgan fingerprint density at radius 2 is 1.82 bits per heavy atom. The first kappa shape index (κ1) is 23.3. The highest BCUT2D eigenvalue weighted by molar-refractivity contribution is 14.1. The van der Waals surface area contributed by atoms with Crippen LogP contribution in [0, 0.1) is 3.57 Å². The monoisotopic (exact) mass is 563 g/mol. The number of aromatic nitrogens is 2. The fourth-order valence-corrected chi connectivity index (χ4v) is 4.31. The van der Waals surface area contributed by atoms with Gasteiger partial charge in [-0.05, 0) is 77.9 Å². The standard InChI is InChI=1S/C24H26IN3O5/c1-30-20-12-7-16(13-21(20)31-2)24-26-22(33-27-24)14-28(18-5-3-4-6-18)23(29)15-32-19-10-8-17(25)9-11-19/h7-13,18H,3-6,14-15H2,1-2H3. The van der Waals surface area contributed by atoms with Crippen molar-refractivity contribution in [3.05, 3.63) is 51.9 Å². The lowest BCUT2D eigenvalue weighted by molar-refractivity contribution is -0.136. The van der Waals surface area contributed by atoms with Crippen molar-refractivity contribution in [3.8, 4) is 28.6 Å². The molecular weight excluding hydrogens is 537 g/mol. The first-order valence-corrected chi connectivity index (χ1v) is 11.9. The van der Waals surface area contributed by atoms with E-state index in [4.69, 9.17) is 18.7 Å². The number of rotatable bonds is 9. The van der Waals surface area contributed by atoms with Gasteiger partial charge in [0.15, 0.2) is 18.1 Å². The predicted molar refractivity (Wildman–Crippen MR) is 130 cm³/mol. The van der Waals surface area contributed by atoms with Crippen molar-refractivity contribution in [2.45, 2.75) is 38.3 Å². The Labute approximate surface area is 206 Å². The lowest BCUT2D eigenvalue weighted by atomic mass is 10.2. The zero-order chi connectivity index (χ0) is 23.2. The second-order valence-electron chi connectivity index (χ2n) is 7.78. The Morgan fingerprint density at radius 1 is 1.09 bits per heavy atom. The van der Waals surface area contributed by atoms with Crippen molar-refractivity contribution in [1.82, 2.24) is 15.0 Å². The number of hydrogen-bond acceptors (Lipinski definition) is 7. The van der Waals surface area contributed by atoms with E-state index < -0.39 is 0 Å². The fraction of sp³-hybridized carbons (Fsp3) is 0.375. The average Bonchev–Trinajstić information content (AvgIpc) is 3.54. The Morgan fingerprint density at radius 3 is 2.52 bits per heavy atom. The highest BCUT2D eigenvalue weighted by Crippen LogP contribution is 2.31. The third-order valence-corrected chi connectivity index (χ3v) is 6.40. The Hall–Kier alpha value is -2.82. The quantitative estimate of drug-likeness (QED) is 0.349. The number of ether oxygens (including phenoxy) is 3. The normalized spacial score (nSPS) is 13.7. The molecule has 0 unspecified atom stereocenters. The van der Waals surface area contributed by atoms with Crippen LogP contribution >= 0.6 is 22.6 Å². The number of hydrogen-bond donors (Lipinski definition) is 0. The minimum atomic E-state index is -0.0914. The van der Waals surface area contributed by atoms with Crippen LogP contribution in [0.25, 0.3) is 11.4 Å². The zero-order valence-electron chi connectivity index (χ0n) is 18.6. The molecule has 8 nitrogen and oxygen atoms in total. The number of carbonyl (C=O) groups excluding carboxylic acids is 1. The van der Waals surface area contributed by atoms with Crippen LogP contribution in [0.4, 0.5) is 0 Å². The van der Waals surface area contributed by atoms with E-state index in [1.807, 2.05) is 35.2 Å². The van der Waals surface area contributed by atoms with E-state index in [0.717, 1.165) is 34.8 Å². The summed E-state index contributed by atoms with van der Waals surface area (Å²) >= 11 is 2.23. The maximum atomic E-state index is 13.1. The lowest BCUT2D eigenvalue weighted by Crippen LogP contribution is -2.41. The van der Waals surface area contributed by atoms with Crippen molar-refractivity contribution in [1.29, 1.82) is 0 Å². The second-order valence-corrected chi connectivity index (χ2v) is 9.03. The highest BCUT2D eigenvalue weighted by Gasteiger charge is 2.29. The third kappa shape index (κ3) is 5.76. The summed E-state index contributed by atoms with van der Waals surface area (Å²) < 4.78 is 23.0. The summed E-state index contributed by atoms with van der Waals surface area (Å²) in [6.07, 6.45) is 4.14. The molecule has 0 spiro atoms. The molecular formula is C24H26IN3O5. The molecule has 1 saturated carbocycles. The van der Waals surface area contributed by atoms with Crippen molar-refractivity contribution in [3.63, 3.8) is 0 Å². The molecule has 1 aliphatic carbocycles. The molecule has 1 heterocycles. The first-order valence-electron chi connectivity index (χ1n) is 10.8. The highest BCUT2D eigenvalue weighted by atomic mass is 127. The fourth-order valence-electron chi connectivity index (χ4n) is 3.95. The molecule has 4 rings (SSSR count). The van der Waals surface area contributed by atoms with Crippen LogP contribution in [0.2, 0.25) is 0 Å². The van der Waals surface area contributed by atoms with Crippen molar-refractivity contribution >= 4 is 28.5 Å². The minimum Gasteiger partial charge on any atom is -0.493 e. The molecule has 1 fully saturated rings. The maximum Gasteiger partial charge on any atom is 0.261 e. The maximum absolute atomic E-state index is 13.1. The van der Waals surface area contributed by atoms with E-state index in [1.165, 1.54) is 0 Å². The molecule has 33 heavy (non-hydrogen) atoms. The van der Waals surface area contributed by atoms with Gasteiger partial charge in [-0.3, -0.25) is 4.79 Å². The van der Waals surface area contributed by atoms with Gasteiger partial charge in [0.1, 0.15) is 12.3 Å². The molecule has 0 aliphatic heterocycles. The molecule has 1 aliphatic rings. The van der Waals surface area contributed by atoms with E-state index in [2.05, 4.69) is 32.7 Å². The van der Waals surface area contributed by atoms with E-state index in [0.29, 0.717) is 29.0 Å². The summed E-state index contributed by atoms with van der Waals surface area (Å²) in [4.78, 5) is 19.4. The molecule has 0 bridgehead atoms. The molecule has 3 aromatic rings. The molecule has 0 atom stereocenters. The van der Waals surface area contributed by atoms with Gasteiger partial charge in [0.05, 0.1) is 14.2 Å². The number of halogens is 1. The Bertz CT molecular complexity index is 1080. The number of nitrogens with zero attached hydrogens (tertiary/aromatic N) is 3. The molecule has 1 amide bonds. The largest absolute Gasteiger partial charge is 0.493 e. The Kier molecular flexibility index (Phi) is 7.69. The molecule has 1 aromatic heterocycles. The van der Waals surface area contributed by atoms with E-state index in [9.17, 15) is 4.79 Å².